The van der Waals surface area contributed by atoms with Gasteiger partial charge in [-0.2, -0.15) is 0 Å². The van der Waals surface area contributed by atoms with Crippen molar-refractivity contribution < 1.29 is 4.74 Å². The van der Waals surface area contributed by atoms with Crippen LogP contribution in [0.4, 0.5) is 5.95 Å². The van der Waals surface area contributed by atoms with E-state index >= 15 is 0 Å². The molecule has 112 valence electrons. The first kappa shape index (κ1) is 13.7. The number of H-pyrrole nitrogens is 1. The summed E-state index contributed by atoms with van der Waals surface area (Å²) in [5.74, 6) is 0.756. The molecule has 1 saturated heterocycles. The normalized spacial score (nSPS) is 15.4. The summed E-state index contributed by atoms with van der Waals surface area (Å²) in [4.78, 5) is 18.7. The molecule has 7 heteroatoms. The van der Waals surface area contributed by atoms with Crippen LogP contribution in [-0.2, 0) is 4.74 Å². The molecule has 1 fully saturated rings. The number of fused-ring (bicyclic) bond motifs is 1. The van der Waals surface area contributed by atoms with Crippen LogP contribution in [0.15, 0.2) is 35.3 Å². The number of aromatic nitrogens is 4. The number of aromatic amines is 1. The number of pyridine rings is 1. The maximum atomic E-state index is 5.35. The first-order valence-corrected chi connectivity index (χ1v) is 7.88. The van der Waals surface area contributed by atoms with E-state index in [2.05, 4.69) is 40.8 Å². The van der Waals surface area contributed by atoms with Gasteiger partial charge in [0.1, 0.15) is 5.65 Å². The van der Waals surface area contributed by atoms with E-state index in [1.165, 1.54) is 0 Å². The van der Waals surface area contributed by atoms with Gasteiger partial charge in [-0.15, -0.1) is 0 Å². The third kappa shape index (κ3) is 2.46. The monoisotopic (exact) mass is 359 g/mol. The van der Waals surface area contributed by atoms with Crippen LogP contribution in [-0.4, -0.2) is 46.2 Å². The molecule has 0 unspecified atom stereocenters. The summed E-state index contributed by atoms with van der Waals surface area (Å²) < 4.78 is 6.30. The molecule has 3 aromatic rings. The molecule has 22 heavy (non-hydrogen) atoms. The molecule has 0 aromatic carbocycles. The van der Waals surface area contributed by atoms with Crippen molar-refractivity contribution in [2.75, 3.05) is 31.2 Å². The molecule has 6 nitrogen and oxygen atoms in total. The van der Waals surface area contributed by atoms with Crippen LogP contribution in [0.25, 0.3) is 22.2 Å². The third-order valence-electron chi connectivity index (χ3n) is 3.74. The predicted molar refractivity (Wildman–Crippen MR) is 87.9 cm³/mol. The van der Waals surface area contributed by atoms with Gasteiger partial charge in [-0.05, 0) is 22.0 Å². The summed E-state index contributed by atoms with van der Waals surface area (Å²) in [6, 6.07) is 2.05. The number of anilines is 1. The Morgan fingerprint density at radius 3 is 2.64 bits per heavy atom. The molecule has 1 aliphatic rings. The molecule has 0 spiro atoms. The number of ether oxygens (including phenoxy) is 1. The number of halogens is 1. The Morgan fingerprint density at radius 2 is 1.86 bits per heavy atom. The highest BCUT2D eigenvalue weighted by atomic mass is 79.9. The van der Waals surface area contributed by atoms with Gasteiger partial charge in [0, 0.05) is 58.9 Å². The Balaban J connectivity index is 1.68. The van der Waals surface area contributed by atoms with Crippen LogP contribution in [0.1, 0.15) is 0 Å². The summed E-state index contributed by atoms with van der Waals surface area (Å²) in [6.45, 7) is 3.13. The zero-order valence-electron chi connectivity index (χ0n) is 11.8. The summed E-state index contributed by atoms with van der Waals surface area (Å²) in [5.41, 5.74) is 2.89. The fourth-order valence-electron chi connectivity index (χ4n) is 2.60. The number of morpholine rings is 1. The minimum Gasteiger partial charge on any atom is -0.378 e. The highest BCUT2D eigenvalue weighted by Gasteiger charge is 2.14. The summed E-state index contributed by atoms with van der Waals surface area (Å²) in [6.07, 6.45) is 7.44. The molecule has 3 aromatic heterocycles. The SMILES string of the molecule is Brc1cnc2[nH]cc(-c3cnc(N4CCOCC4)nc3)c2c1. The maximum absolute atomic E-state index is 5.35. The first-order valence-electron chi connectivity index (χ1n) is 7.09. The molecular weight excluding hydrogens is 346 g/mol. The largest absolute Gasteiger partial charge is 0.378 e. The van der Waals surface area contributed by atoms with Gasteiger partial charge in [-0.1, -0.05) is 0 Å². The Hall–Kier alpha value is -1.99. The second-order valence-corrected chi connectivity index (χ2v) is 6.04. The van der Waals surface area contributed by atoms with E-state index in [1.54, 1.807) is 6.20 Å². The van der Waals surface area contributed by atoms with Gasteiger partial charge < -0.3 is 14.6 Å². The van der Waals surface area contributed by atoms with Gasteiger partial charge >= 0.3 is 0 Å². The molecule has 0 amide bonds. The Labute approximate surface area is 135 Å². The molecule has 0 saturated carbocycles. The van der Waals surface area contributed by atoms with Crippen molar-refractivity contribution in [3.63, 3.8) is 0 Å². The molecule has 0 radical (unpaired) electrons. The van der Waals surface area contributed by atoms with Crippen molar-refractivity contribution in [3.05, 3.63) is 35.3 Å². The standard InChI is InChI=1S/C15H14BrN5O/c16-11-5-12-13(9-18-14(12)17-8-11)10-6-19-15(20-7-10)21-1-3-22-4-2-21/h5-9H,1-4H2,(H,17,18). The summed E-state index contributed by atoms with van der Waals surface area (Å²) in [5, 5.41) is 1.05. The smallest absolute Gasteiger partial charge is 0.225 e. The minimum absolute atomic E-state index is 0.729. The molecule has 0 bridgehead atoms. The number of rotatable bonds is 2. The molecule has 4 heterocycles. The molecule has 1 aliphatic heterocycles. The Morgan fingerprint density at radius 1 is 1.09 bits per heavy atom. The van der Waals surface area contributed by atoms with Crippen molar-refractivity contribution >= 4 is 32.9 Å². The molecule has 1 N–H and O–H groups in total. The fraction of sp³-hybridized carbons (Fsp3) is 0.267. The molecule has 0 atom stereocenters. The predicted octanol–water partition coefficient (Wildman–Crippen LogP) is 2.62. The van der Waals surface area contributed by atoms with Gasteiger partial charge in [0.15, 0.2) is 0 Å². The lowest BCUT2D eigenvalue weighted by Crippen LogP contribution is -2.37. The van der Waals surface area contributed by atoms with Crippen molar-refractivity contribution in [2.45, 2.75) is 0 Å². The highest BCUT2D eigenvalue weighted by molar-refractivity contribution is 9.10. The number of hydrogen-bond donors (Lipinski definition) is 1. The van der Waals surface area contributed by atoms with Gasteiger partial charge in [0.05, 0.1) is 13.2 Å². The van der Waals surface area contributed by atoms with E-state index in [1.807, 2.05) is 24.7 Å². The second-order valence-electron chi connectivity index (χ2n) is 5.12. The zero-order chi connectivity index (χ0) is 14.9. The van der Waals surface area contributed by atoms with E-state index in [9.17, 15) is 0 Å². The highest BCUT2D eigenvalue weighted by Crippen LogP contribution is 2.29. The lowest BCUT2D eigenvalue weighted by Gasteiger charge is -2.26. The van der Waals surface area contributed by atoms with Crippen molar-refractivity contribution in [1.82, 2.24) is 19.9 Å². The lowest BCUT2D eigenvalue weighted by atomic mass is 10.1. The average Bonchev–Trinajstić information content (AvgIpc) is 2.99. The van der Waals surface area contributed by atoms with Crippen LogP contribution in [0.5, 0.6) is 0 Å². The van der Waals surface area contributed by atoms with Crippen LogP contribution in [0.2, 0.25) is 0 Å². The third-order valence-corrected chi connectivity index (χ3v) is 4.17. The van der Waals surface area contributed by atoms with Gasteiger partial charge in [-0.25, -0.2) is 15.0 Å². The average molecular weight is 360 g/mol. The molecule has 0 aliphatic carbocycles. The topological polar surface area (TPSA) is 66.9 Å². The lowest BCUT2D eigenvalue weighted by molar-refractivity contribution is 0.122. The van der Waals surface area contributed by atoms with E-state index < -0.39 is 0 Å². The van der Waals surface area contributed by atoms with Gasteiger partial charge in [0.2, 0.25) is 5.95 Å². The number of hydrogen-bond acceptors (Lipinski definition) is 5. The van der Waals surface area contributed by atoms with E-state index in [-0.39, 0.29) is 0 Å². The zero-order valence-corrected chi connectivity index (χ0v) is 13.4. The van der Waals surface area contributed by atoms with Crippen molar-refractivity contribution in [2.24, 2.45) is 0 Å². The van der Waals surface area contributed by atoms with Gasteiger partial charge in [-0.3, -0.25) is 0 Å². The fourth-order valence-corrected chi connectivity index (χ4v) is 2.93. The van der Waals surface area contributed by atoms with Crippen LogP contribution < -0.4 is 4.90 Å². The minimum atomic E-state index is 0.729. The van der Waals surface area contributed by atoms with E-state index in [0.717, 1.165) is 58.9 Å². The summed E-state index contributed by atoms with van der Waals surface area (Å²) in [7, 11) is 0. The van der Waals surface area contributed by atoms with Crippen molar-refractivity contribution in [3.8, 4) is 11.1 Å². The van der Waals surface area contributed by atoms with Crippen molar-refractivity contribution in [1.29, 1.82) is 0 Å². The second kappa shape index (κ2) is 5.66. The number of nitrogens with zero attached hydrogens (tertiary/aromatic N) is 4. The quantitative estimate of drug-likeness (QED) is 0.761. The van der Waals surface area contributed by atoms with Gasteiger partial charge in [0.25, 0.3) is 0 Å². The Kier molecular flexibility index (Phi) is 3.51. The number of nitrogens with one attached hydrogen (secondary N) is 1. The van der Waals surface area contributed by atoms with Crippen LogP contribution >= 0.6 is 15.9 Å². The molecular formula is C15H14BrN5O. The summed E-state index contributed by atoms with van der Waals surface area (Å²) >= 11 is 3.46. The maximum Gasteiger partial charge on any atom is 0.225 e. The van der Waals surface area contributed by atoms with E-state index in [4.69, 9.17) is 4.74 Å². The van der Waals surface area contributed by atoms with Crippen LogP contribution in [0.3, 0.4) is 0 Å². The molecule has 4 rings (SSSR count). The van der Waals surface area contributed by atoms with Crippen LogP contribution in [0, 0.1) is 0 Å². The first-order chi connectivity index (χ1) is 10.8. The van der Waals surface area contributed by atoms with E-state index in [0.29, 0.717) is 0 Å². The Bertz CT molecular complexity index is 795.